The van der Waals surface area contributed by atoms with Crippen LogP contribution in [0.4, 0.5) is 0 Å². The van der Waals surface area contributed by atoms with Crippen LogP contribution in [-0.4, -0.2) is 43.5 Å². The standard InChI is InChI=1S/C20H27N5O.HI/c1-15-6-4-7-17(12-15)16(2)13-25-20(21-3)24-11-10-23-19(26)18-8-5-9-22-14-18;/h4-9,12,14,16H,10-11,13H2,1-3H3,(H,23,26)(H2,21,24,25);1H. The lowest BCUT2D eigenvalue weighted by Gasteiger charge is -2.17. The van der Waals surface area contributed by atoms with Crippen LogP contribution in [-0.2, 0) is 0 Å². The topological polar surface area (TPSA) is 78.4 Å². The molecule has 0 saturated heterocycles. The Hall–Kier alpha value is -2.16. The van der Waals surface area contributed by atoms with Gasteiger partial charge in [-0.1, -0.05) is 36.8 Å². The SMILES string of the molecule is CN=C(NCCNC(=O)c1cccnc1)NCC(C)c1cccc(C)c1.I. The van der Waals surface area contributed by atoms with Crippen LogP contribution in [0.5, 0.6) is 0 Å². The zero-order chi connectivity index (χ0) is 18.8. The van der Waals surface area contributed by atoms with Crippen molar-refractivity contribution < 1.29 is 4.79 Å². The molecule has 146 valence electrons. The normalized spacial score (nSPS) is 11.9. The summed E-state index contributed by atoms with van der Waals surface area (Å²) in [5.74, 6) is 0.967. The van der Waals surface area contributed by atoms with Gasteiger partial charge in [0.2, 0.25) is 0 Å². The third-order valence-corrected chi connectivity index (χ3v) is 4.04. The summed E-state index contributed by atoms with van der Waals surface area (Å²) < 4.78 is 0. The minimum absolute atomic E-state index is 0. The first-order chi connectivity index (χ1) is 12.6. The number of hydrogen-bond acceptors (Lipinski definition) is 3. The molecule has 1 aromatic heterocycles. The van der Waals surface area contributed by atoms with Crippen LogP contribution in [0.15, 0.2) is 53.8 Å². The number of aliphatic imine (C=N–C) groups is 1. The molecule has 2 rings (SSSR count). The number of guanidine groups is 1. The highest BCUT2D eigenvalue weighted by Crippen LogP contribution is 2.15. The predicted molar refractivity (Wildman–Crippen MR) is 121 cm³/mol. The quantitative estimate of drug-likeness (QED) is 0.246. The van der Waals surface area contributed by atoms with Crippen molar-refractivity contribution in [1.29, 1.82) is 0 Å². The molecule has 0 aliphatic heterocycles. The second-order valence-corrected chi connectivity index (χ2v) is 6.19. The largest absolute Gasteiger partial charge is 0.356 e. The summed E-state index contributed by atoms with van der Waals surface area (Å²) in [7, 11) is 1.74. The Morgan fingerprint density at radius 2 is 1.93 bits per heavy atom. The Labute approximate surface area is 178 Å². The number of aryl methyl sites for hydroxylation is 1. The van der Waals surface area contributed by atoms with Crippen LogP contribution < -0.4 is 16.0 Å². The van der Waals surface area contributed by atoms with Gasteiger partial charge in [-0.05, 0) is 30.5 Å². The predicted octanol–water partition coefficient (Wildman–Crippen LogP) is 2.71. The molecule has 7 heteroatoms. The third kappa shape index (κ3) is 7.94. The molecule has 1 aromatic carbocycles. The monoisotopic (exact) mass is 481 g/mol. The lowest BCUT2D eigenvalue weighted by atomic mass is 9.99. The lowest BCUT2D eigenvalue weighted by Crippen LogP contribution is -2.42. The van der Waals surface area contributed by atoms with E-state index in [-0.39, 0.29) is 29.9 Å². The van der Waals surface area contributed by atoms with E-state index in [1.54, 1.807) is 31.6 Å². The van der Waals surface area contributed by atoms with Gasteiger partial charge in [-0.25, -0.2) is 0 Å². The van der Waals surface area contributed by atoms with Gasteiger partial charge in [-0.2, -0.15) is 0 Å². The minimum Gasteiger partial charge on any atom is -0.356 e. The summed E-state index contributed by atoms with van der Waals surface area (Å²) in [6, 6.07) is 12.0. The maximum absolute atomic E-state index is 11.9. The Morgan fingerprint density at radius 3 is 2.59 bits per heavy atom. The van der Waals surface area contributed by atoms with Crippen molar-refractivity contribution in [3.05, 3.63) is 65.5 Å². The molecule has 1 heterocycles. The van der Waals surface area contributed by atoms with Crippen molar-refractivity contribution in [2.24, 2.45) is 4.99 Å². The first-order valence-electron chi connectivity index (χ1n) is 8.79. The maximum atomic E-state index is 11.9. The molecule has 0 spiro atoms. The molecule has 2 aromatic rings. The molecule has 0 fully saturated rings. The zero-order valence-electron chi connectivity index (χ0n) is 16.0. The van der Waals surface area contributed by atoms with Crippen LogP contribution >= 0.6 is 24.0 Å². The summed E-state index contributed by atoms with van der Waals surface area (Å²) in [6.45, 7) is 6.16. The lowest BCUT2D eigenvalue weighted by molar-refractivity contribution is 0.0954. The highest BCUT2D eigenvalue weighted by atomic mass is 127. The van der Waals surface area contributed by atoms with Crippen molar-refractivity contribution in [3.8, 4) is 0 Å². The number of hydrogen-bond donors (Lipinski definition) is 3. The van der Waals surface area contributed by atoms with Gasteiger partial charge in [-0.15, -0.1) is 24.0 Å². The molecule has 6 nitrogen and oxygen atoms in total. The van der Waals surface area contributed by atoms with E-state index >= 15 is 0 Å². The molecule has 0 radical (unpaired) electrons. The molecule has 0 saturated carbocycles. The molecule has 27 heavy (non-hydrogen) atoms. The van der Waals surface area contributed by atoms with Crippen LogP contribution in [0.3, 0.4) is 0 Å². The first-order valence-corrected chi connectivity index (χ1v) is 8.79. The van der Waals surface area contributed by atoms with Gasteiger partial charge in [0, 0.05) is 39.1 Å². The highest BCUT2D eigenvalue weighted by molar-refractivity contribution is 14.0. The van der Waals surface area contributed by atoms with Gasteiger partial charge in [0.1, 0.15) is 0 Å². The number of aromatic nitrogens is 1. The van der Waals surface area contributed by atoms with E-state index < -0.39 is 0 Å². The number of pyridine rings is 1. The molecule has 0 bridgehead atoms. The van der Waals surface area contributed by atoms with Crippen molar-refractivity contribution in [2.75, 3.05) is 26.7 Å². The Balaban J connectivity index is 0.00000364. The smallest absolute Gasteiger partial charge is 0.252 e. The number of amides is 1. The van der Waals surface area contributed by atoms with Crippen molar-refractivity contribution >= 4 is 35.8 Å². The van der Waals surface area contributed by atoms with E-state index in [1.165, 1.54) is 11.1 Å². The van der Waals surface area contributed by atoms with Crippen molar-refractivity contribution in [1.82, 2.24) is 20.9 Å². The Bertz CT molecular complexity index is 736. The van der Waals surface area contributed by atoms with Crippen LogP contribution in [0.1, 0.15) is 34.3 Å². The highest BCUT2D eigenvalue weighted by Gasteiger charge is 2.07. The van der Waals surface area contributed by atoms with Gasteiger partial charge in [-0.3, -0.25) is 14.8 Å². The van der Waals surface area contributed by atoms with E-state index in [1.807, 2.05) is 0 Å². The number of nitrogens with zero attached hydrogens (tertiary/aromatic N) is 2. The van der Waals surface area contributed by atoms with E-state index in [0.717, 1.165) is 12.5 Å². The second-order valence-electron chi connectivity index (χ2n) is 6.19. The van der Waals surface area contributed by atoms with Crippen molar-refractivity contribution in [3.63, 3.8) is 0 Å². The van der Waals surface area contributed by atoms with Crippen LogP contribution in [0.25, 0.3) is 0 Å². The number of benzene rings is 1. The second kappa shape index (κ2) is 12.3. The molecule has 1 unspecified atom stereocenters. The number of carbonyl (C=O) groups excluding carboxylic acids is 1. The summed E-state index contributed by atoms with van der Waals surface area (Å²) >= 11 is 0. The maximum Gasteiger partial charge on any atom is 0.252 e. The minimum atomic E-state index is -0.129. The molecule has 3 N–H and O–H groups in total. The van der Waals surface area contributed by atoms with Gasteiger partial charge in [0.15, 0.2) is 5.96 Å². The third-order valence-electron chi connectivity index (χ3n) is 4.04. The summed E-state index contributed by atoms with van der Waals surface area (Å²) in [4.78, 5) is 20.1. The molecular formula is C20H28IN5O. The molecule has 1 atom stereocenters. The number of rotatable bonds is 7. The fourth-order valence-electron chi connectivity index (χ4n) is 2.52. The summed E-state index contributed by atoms with van der Waals surface area (Å²) in [5, 5.41) is 9.38. The van der Waals surface area contributed by atoms with Crippen molar-refractivity contribution in [2.45, 2.75) is 19.8 Å². The van der Waals surface area contributed by atoms with Gasteiger partial charge >= 0.3 is 0 Å². The molecule has 1 amide bonds. The summed E-state index contributed by atoms with van der Waals surface area (Å²) in [5.41, 5.74) is 3.12. The average molecular weight is 481 g/mol. The van der Waals surface area contributed by atoms with Gasteiger partial charge in [0.05, 0.1) is 5.56 Å². The number of halogens is 1. The van der Waals surface area contributed by atoms with Gasteiger partial charge < -0.3 is 16.0 Å². The van der Waals surface area contributed by atoms with Crippen LogP contribution in [0.2, 0.25) is 0 Å². The summed E-state index contributed by atoms with van der Waals surface area (Å²) in [6.07, 6.45) is 3.20. The Kier molecular flexibility index (Phi) is 10.4. The fourth-order valence-corrected chi connectivity index (χ4v) is 2.52. The molecule has 0 aliphatic rings. The van der Waals surface area contributed by atoms with E-state index in [2.05, 4.69) is 64.0 Å². The zero-order valence-corrected chi connectivity index (χ0v) is 18.4. The Morgan fingerprint density at radius 1 is 1.15 bits per heavy atom. The number of carbonyl (C=O) groups is 1. The van der Waals surface area contributed by atoms with E-state index in [4.69, 9.17) is 0 Å². The molecular weight excluding hydrogens is 453 g/mol. The van der Waals surface area contributed by atoms with Gasteiger partial charge in [0.25, 0.3) is 5.91 Å². The van der Waals surface area contributed by atoms with E-state index in [9.17, 15) is 4.79 Å². The number of nitrogens with one attached hydrogen (secondary N) is 3. The molecule has 0 aliphatic carbocycles. The van der Waals surface area contributed by atoms with Crippen LogP contribution in [0, 0.1) is 6.92 Å². The fraction of sp³-hybridized carbons (Fsp3) is 0.350. The first kappa shape index (κ1) is 22.9. The van der Waals surface area contributed by atoms with E-state index in [0.29, 0.717) is 24.6 Å². The average Bonchev–Trinajstić information content (AvgIpc) is 2.67.